The Hall–Kier alpha value is -0.260. The highest BCUT2D eigenvalue weighted by atomic mass is 79.9. The van der Waals surface area contributed by atoms with E-state index in [4.69, 9.17) is 10.8 Å². The van der Waals surface area contributed by atoms with Crippen molar-refractivity contribution in [2.45, 2.75) is 17.1 Å². The van der Waals surface area contributed by atoms with Gasteiger partial charge in [-0.2, -0.15) is 0 Å². The highest BCUT2D eigenvalue weighted by Crippen LogP contribution is 2.32. The molecule has 0 saturated carbocycles. The zero-order valence-electron chi connectivity index (χ0n) is 7.63. The molecule has 2 nitrogen and oxygen atoms in total. The smallest absolute Gasteiger partial charge is 0.138 e. The fourth-order valence-electron chi connectivity index (χ4n) is 0.900. The molecule has 0 radical (unpaired) electrons. The van der Waals surface area contributed by atoms with Gasteiger partial charge in [-0.1, -0.05) is 6.92 Å². The molecule has 3 N–H and O–H groups in total. The Morgan fingerprint density at radius 1 is 1.64 bits per heavy atom. The van der Waals surface area contributed by atoms with Crippen LogP contribution in [0.2, 0.25) is 0 Å². The molecule has 0 saturated heterocycles. The summed E-state index contributed by atoms with van der Waals surface area (Å²) < 4.78 is 13.5. The van der Waals surface area contributed by atoms with Gasteiger partial charge in [0.05, 0.1) is 11.1 Å². The normalized spacial score (nSPS) is 12.9. The minimum Gasteiger partial charge on any atom is -0.398 e. The van der Waals surface area contributed by atoms with E-state index in [2.05, 4.69) is 15.9 Å². The Bertz CT molecular complexity index is 335. The zero-order valence-corrected chi connectivity index (χ0v) is 10.0. The number of halogens is 2. The molecule has 78 valence electrons. The first-order chi connectivity index (χ1) is 6.54. The second-order valence-electron chi connectivity index (χ2n) is 2.92. The predicted molar refractivity (Wildman–Crippen MR) is 60.9 cm³/mol. The first kappa shape index (κ1) is 11.8. The van der Waals surface area contributed by atoms with Gasteiger partial charge in [-0.3, -0.25) is 0 Å². The second kappa shape index (κ2) is 5.00. The third-order valence-corrected chi connectivity index (χ3v) is 3.40. The number of rotatable bonds is 3. The number of aliphatic hydroxyl groups excluding tert-OH is 1. The van der Waals surface area contributed by atoms with Gasteiger partial charge in [-0.15, -0.1) is 11.8 Å². The quantitative estimate of drug-likeness (QED) is 0.661. The lowest BCUT2D eigenvalue weighted by atomic mass is 10.3. The topological polar surface area (TPSA) is 46.2 Å². The summed E-state index contributed by atoms with van der Waals surface area (Å²) in [6.45, 7) is 1.89. The molecule has 0 aromatic heterocycles. The van der Waals surface area contributed by atoms with Crippen molar-refractivity contribution in [3.05, 3.63) is 22.4 Å². The number of thioether (sulfide) groups is 1. The summed E-state index contributed by atoms with van der Waals surface area (Å²) >= 11 is 4.41. The molecule has 1 unspecified atom stereocenters. The van der Waals surface area contributed by atoms with Crippen molar-refractivity contribution in [1.82, 2.24) is 0 Å². The first-order valence-corrected chi connectivity index (χ1v) is 5.74. The molecule has 1 aromatic rings. The number of anilines is 1. The Morgan fingerprint density at radius 3 is 2.86 bits per heavy atom. The minimum atomic E-state index is -0.341. The van der Waals surface area contributed by atoms with Gasteiger partial charge in [0.25, 0.3) is 0 Å². The van der Waals surface area contributed by atoms with E-state index in [1.807, 2.05) is 6.92 Å². The van der Waals surface area contributed by atoms with Gasteiger partial charge < -0.3 is 10.8 Å². The van der Waals surface area contributed by atoms with E-state index >= 15 is 0 Å². The van der Waals surface area contributed by atoms with Gasteiger partial charge in [-0.05, 0) is 28.1 Å². The van der Waals surface area contributed by atoms with Crippen molar-refractivity contribution >= 4 is 33.4 Å². The van der Waals surface area contributed by atoms with Crippen LogP contribution in [-0.2, 0) is 0 Å². The molecule has 1 rings (SSSR count). The van der Waals surface area contributed by atoms with E-state index in [-0.39, 0.29) is 17.7 Å². The van der Waals surface area contributed by atoms with Crippen molar-refractivity contribution in [1.29, 1.82) is 0 Å². The molecule has 1 aromatic carbocycles. The van der Waals surface area contributed by atoms with Crippen LogP contribution in [0.4, 0.5) is 10.1 Å². The molecule has 14 heavy (non-hydrogen) atoms. The highest BCUT2D eigenvalue weighted by Gasteiger charge is 2.09. The van der Waals surface area contributed by atoms with Crippen molar-refractivity contribution in [2.24, 2.45) is 0 Å². The Balaban J connectivity index is 2.92. The molecule has 0 amide bonds. The third kappa shape index (κ3) is 2.87. The lowest BCUT2D eigenvalue weighted by Crippen LogP contribution is -2.03. The monoisotopic (exact) mass is 279 g/mol. The van der Waals surface area contributed by atoms with Gasteiger partial charge in [0, 0.05) is 15.8 Å². The number of benzene rings is 1. The van der Waals surface area contributed by atoms with Gasteiger partial charge in [0.2, 0.25) is 0 Å². The number of aliphatic hydroxyl groups is 1. The summed E-state index contributed by atoms with van der Waals surface area (Å²) in [5, 5.41) is 8.86. The molecular formula is C9H11BrFNOS. The molecule has 0 aliphatic rings. The van der Waals surface area contributed by atoms with E-state index in [1.165, 1.54) is 23.9 Å². The molecule has 0 spiro atoms. The lowest BCUT2D eigenvalue weighted by molar-refractivity contribution is 0.300. The van der Waals surface area contributed by atoms with E-state index in [1.54, 1.807) is 0 Å². The van der Waals surface area contributed by atoms with Crippen LogP contribution in [0.3, 0.4) is 0 Å². The van der Waals surface area contributed by atoms with Crippen LogP contribution in [-0.4, -0.2) is 17.0 Å². The van der Waals surface area contributed by atoms with Gasteiger partial charge in [0.15, 0.2) is 0 Å². The maximum absolute atomic E-state index is 13.1. The van der Waals surface area contributed by atoms with Crippen LogP contribution in [0.1, 0.15) is 6.92 Å². The lowest BCUT2D eigenvalue weighted by Gasteiger charge is -2.10. The van der Waals surface area contributed by atoms with Crippen molar-refractivity contribution in [2.75, 3.05) is 12.3 Å². The van der Waals surface area contributed by atoms with Gasteiger partial charge in [0.1, 0.15) is 5.82 Å². The van der Waals surface area contributed by atoms with Crippen LogP contribution >= 0.6 is 27.7 Å². The number of hydrogen-bond donors (Lipinski definition) is 2. The van der Waals surface area contributed by atoms with Crippen LogP contribution in [0.15, 0.2) is 21.5 Å². The number of nitrogen functional groups attached to an aromatic ring is 1. The molecule has 5 heteroatoms. The van der Waals surface area contributed by atoms with Crippen molar-refractivity contribution in [3.8, 4) is 0 Å². The van der Waals surface area contributed by atoms with Gasteiger partial charge in [-0.25, -0.2) is 4.39 Å². The van der Waals surface area contributed by atoms with E-state index in [0.29, 0.717) is 15.1 Å². The molecular weight excluding hydrogens is 269 g/mol. The molecule has 0 aliphatic carbocycles. The first-order valence-electron chi connectivity index (χ1n) is 4.06. The number of hydrogen-bond acceptors (Lipinski definition) is 3. The van der Waals surface area contributed by atoms with Crippen molar-refractivity contribution in [3.63, 3.8) is 0 Å². The van der Waals surface area contributed by atoms with E-state index in [9.17, 15) is 4.39 Å². The summed E-state index contributed by atoms with van der Waals surface area (Å²) in [6.07, 6.45) is 0. The fraction of sp³-hybridized carbons (Fsp3) is 0.333. The average molecular weight is 280 g/mol. The molecule has 0 aliphatic heterocycles. The SMILES string of the molecule is CC(CO)Sc1cc(F)c(Br)cc1N. The fourth-order valence-corrected chi connectivity index (χ4v) is 2.14. The Labute approximate surface area is 94.8 Å². The van der Waals surface area contributed by atoms with Crippen molar-refractivity contribution < 1.29 is 9.50 Å². The summed E-state index contributed by atoms with van der Waals surface area (Å²) in [4.78, 5) is 0.659. The molecule has 0 fully saturated rings. The zero-order chi connectivity index (χ0) is 10.7. The Kier molecular flexibility index (Phi) is 4.22. The maximum atomic E-state index is 13.1. The van der Waals surface area contributed by atoms with E-state index < -0.39 is 0 Å². The second-order valence-corrected chi connectivity index (χ2v) is 5.25. The largest absolute Gasteiger partial charge is 0.398 e. The molecule has 1 atom stereocenters. The van der Waals surface area contributed by atoms with Crippen LogP contribution in [0.5, 0.6) is 0 Å². The van der Waals surface area contributed by atoms with Crippen LogP contribution < -0.4 is 5.73 Å². The van der Waals surface area contributed by atoms with Gasteiger partial charge >= 0.3 is 0 Å². The Morgan fingerprint density at radius 2 is 2.29 bits per heavy atom. The molecule has 0 bridgehead atoms. The third-order valence-electron chi connectivity index (χ3n) is 1.64. The maximum Gasteiger partial charge on any atom is 0.138 e. The highest BCUT2D eigenvalue weighted by molar-refractivity contribution is 9.10. The number of nitrogens with two attached hydrogens (primary N) is 1. The average Bonchev–Trinajstić information content (AvgIpc) is 2.14. The van der Waals surface area contributed by atoms with Crippen LogP contribution in [0, 0.1) is 5.82 Å². The van der Waals surface area contributed by atoms with Crippen LogP contribution in [0.25, 0.3) is 0 Å². The van der Waals surface area contributed by atoms with E-state index in [0.717, 1.165) is 0 Å². The summed E-state index contributed by atoms with van der Waals surface area (Å²) in [7, 11) is 0. The molecule has 0 heterocycles. The minimum absolute atomic E-state index is 0.0119. The standard InChI is InChI=1S/C9H11BrFNOS/c1-5(4-13)14-9-3-7(11)6(10)2-8(9)12/h2-3,5,13H,4,12H2,1H3. The predicted octanol–water partition coefficient (Wildman–Crippen LogP) is 2.64. The summed E-state index contributed by atoms with van der Waals surface area (Å²) in [6, 6.07) is 2.90. The summed E-state index contributed by atoms with van der Waals surface area (Å²) in [5.74, 6) is -0.341. The summed E-state index contributed by atoms with van der Waals surface area (Å²) in [5.41, 5.74) is 6.21.